The van der Waals surface area contributed by atoms with Crippen molar-refractivity contribution in [2.24, 2.45) is 28.1 Å². The Balaban J connectivity index is 5.30. The van der Waals surface area contributed by atoms with Gasteiger partial charge in [-0.1, -0.05) is 13.8 Å². The predicted octanol–water partition coefficient (Wildman–Crippen LogP) is -2.94. The van der Waals surface area contributed by atoms with E-state index in [1.165, 1.54) is 6.92 Å². The van der Waals surface area contributed by atoms with Gasteiger partial charge in [0, 0.05) is 6.54 Å². The molecular weight excluding hydrogens is 426 g/mol. The zero-order valence-electron chi connectivity index (χ0n) is 18.3. The van der Waals surface area contributed by atoms with Crippen LogP contribution in [-0.2, 0) is 24.0 Å². The number of hydrogen-bond acceptors (Lipinski definition) is 7. The number of nitrogens with two attached hydrogens (primary N) is 3. The average molecular weight is 460 g/mol. The molecule has 3 amide bonds. The first-order valence-corrected chi connectivity index (χ1v) is 9.92. The second kappa shape index (κ2) is 13.8. The molecule has 4 unspecified atom stereocenters. The molecule has 0 heterocycles. The zero-order chi connectivity index (χ0) is 25.0. The Hall–Kier alpha value is -3.42. The van der Waals surface area contributed by atoms with Crippen LogP contribution in [0.3, 0.4) is 0 Å². The zero-order valence-corrected chi connectivity index (χ0v) is 18.3. The Morgan fingerprint density at radius 3 is 1.88 bits per heavy atom. The van der Waals surface area contributed by atoms with E-state index in [0.717, 1.165) is 0 Å². The number of guanidine groups is 1. The molecule has 32 heavy (non-hydrogen) atoms. The van der Waals surface area contributed by atoms with Crippen LogP contribution in [0.15, 0.2) is 4.99 Å². The number of carboxylic acid groups (broad SMARTS) is 2. The number of nitrogens with zero attached hydrogens (tertiary/aromatic N) is 1. The molecule has 14 nitrogen and oxygen atoms in total. The van der Waals surface area contributed by atoms with Crippen molar-refractivity contribution in [1.29, 1.82) is 0 Å². The first-order chi connectivity index (χ1) is 14.8. The van der Waals surface area contributed by atoms with Crippen molar-refractivity contribution < 1.29 is 34.2 Å². The van der Waals surface area contributed by atoms with Gasteiger partial charge in [0.25, 0.3) is 0 Å². The lowest BCUT2D eigenvalue weighted by molar-refractivity contribution is -0.143. The Kier molecular flexibility index (Phi) is 12.3. The molecule has 0 saturated carbocycles. The third kappa shape index (κ3) is 11.1. The number of nitrogens with one attached hydrogen (secondary N) is 3. The van der Waals surface area contributed by atoms with Crippen molar-refractivity contribution in [3.8, 4) is 0 Å². The van der Waals surface area contributed by atoms with Crippen LogP contribution in [0.5, 0.6) is 0 Å². The van der Waals surface area contributed by atoms with Crippen LogP contribution < -0.4 is 33.2 Å². The highest BCUT2D eigenvalue weighted by Gasteiger charge is 2.32. The molecule has 0 aromatic carbocycles. The summed E-state index contributed by atoms with van der Waals surface area (Å²) in [6.07, 6.45) is -0.431. The van der Waals surface area contributed by atoms with Gasteiger partial charge in [-0.05, 0) is 25.7 Å². The molecule has 182 valence electrons. The lowest BCUT2D eigenvalue weighted by atomic mass is 10.0. The van der Waals surface area contributed by atoms with Crippen molar-refractivity contribution in [3.63, 3.8) is 0 Å². The summed E-state index contributed by atoms with van der Waals surface area (Å²) in [5.74, 6) is -5.72. The van der Waals surface area contributed by atoms with Crippen LogP contribution >= 0.6 is 0 Å². The molecule has 0 spiro atoms. The van der Waals surface area contributed by atoms with Crippen LogP contribution in [0.1, 0.15) is 40.0 Å². The van der Waals surface area contributed by atoms with Crippen molar-refractivity contribution >= 4 is 35.6 Å². The molecule has 0 aromatic rings. The molecular formula is C18H33N7O7. The summed E-state index contributed by atoms with van der Waals surface area (Å²) >= 11 is 0. The first-order valence-electron chi connectivity index (χ1n) is 9.92. The van der Waals surface area contributed by atoms with Gasteiger partial charge in [-0.25, -0.2) is 4.79 Å². The lowest BCUT2D eigenvalue weighted by Crippen LogP contribution is -2.58. The van der Waals surface area contributed by atoms with Crippen molar-refractivity contribution in [1.82, 2.24) is 16.0 Å². The number of hydrogen-bond donors (Lipinski definition) is 8. The minimum atomic E-state index is -1.48. The SMILES string of the molecule is CC(N)C(=O)NC(CC(=O)O)C(=O)NC(C(=O)NC(CCCN=C(N)N)C(=O)O)C(C)C. The maximum absolute atomic E-state index is 12.7. The van der Waals surface area contributed by atoms with E-state index < -0.39 is 66.2 Å². The normalized spacial score (nSPS) is 14.4. The Morgan fingerprint density at radius 1 is 0.875 bits per heavy atom. The third-order valence-corrected chi connectivity index (χ3v) is 4.23. The Morgan fingerprint density at radius 2 is 1.44 bits per heavy atom. The Labute approximate surface area is 185 Å². The van der Waals surface area contributed by atoms with Crippen molar-refractivity contribution in [2.45, 2.75) is 64.2 Å². The molecule has 14 heteroatoms. The van der Waals surface area contributed by atoms with E-state index in [9.17, 15) is 29.1 Å². The van der Waals surface area contributed by atoms with Gasteiger partial charge >= 0.3 is 11.9 Å². The molecule has 0 radical (unpaired) electrons. The molecule has 0 aliphatic heterocycles. The van der Waals surface area contributed by atoms with Crippen molar-refractivity contribution in [3.05, 3.63) is 0 Å². The number of aliphatic imine (C=N–C) groups is 1. The van der Waals surface area contributed by atoms with Crippen LogP contribution in [-0.4, -0.2) is 76.5 Å². The van der Waals surface area contributed by atoms with Gasteiger partial charge < -0.3 is 43.4 Å². The second-order valence-electron chi connectivity index (χ2n) is 7.53. The summed E-state index contributed by atoms with van der Waals surface area (Å²) in [5, 5.41) is 25.3. The van der Waals surface area contributed by atoms with Gasteiger partial charge in [-0.2, -0.15) is 0 Å². The van der Waals surface area contributed by atoms with Crippen molar-refractivity contribution in [2.75, 3.05) is 6.54 Å². The third-order valence-electron chi connectivity index (χ3n) is 4.23. The molecule has 0 aliphatic rings. The highest BCUT2D eigenvalue weighted by Crippen LogP contribution is 2.06. The minimum absolute atomic E-state index is 0.0305. The van der Waals surface area contributed by atoms with E-state index in [1.54, 1.807) is 13.8 Å². The number of carboxylic acids is 2. The first kappa shape index (κ1) is 28.6. The maximum atomic E-state index is 12.7. The highest BCUT2D eigenvalue weighted by molar-refractivity contribution is 5.95. The van der Waals surface area contributed by atoms with Gasteiger partial charge in [0.1, 0.15) is 18.1 Å². The minimum Gasteiger partial charge on any atom is -0.481 e. The van der Waals surface area contributed by atoms with Crippen LogP contribution in [0.2, 0.25) is 0 Å². The molecule has 0 saturated heterocycles. The number of amides is 3. The van der Waals surface area contributed by atoms with Gasteiger partial charge in [0.2, 0.25) is 17.7 Å². The summed E-state index contributed by atoms with van der Waals surface area (Å²) in [5.41, 5.74) is 15.8. The van der Waals surface area contributed by atoms with E-state index in [0.29, 0.717) is 0 Å². The number of carbonyl (C=O) groups excluding carboxylic acids is 3. The molecule has 0 aromatic heterocycles. The monoisotopic (exact) mass is 459 g/mol. The fourth-order valence-electron chi connectivity index (χ4n) is 2.50. The molecule has 0 fully saturated rings. The molecule has 11 N–H and O–H groups in total. The van der Waals surface area contributed by atoms with E-state index in [-0.39, 0.29) is 25.3 Å². The Bertz CT molecular complexity index is 720. The second-order valence-corrected chi connectivity index (χ2v) is 7.53. The topological polar surface area (TPSA) is 252 Å². The molecule has 4 atom stereocenters. The molecule has 0 rings (SSSR count). The summed E-state index contributed by atoms with van der Waals surface area (Å²) < 4.78 is 0. The van der Waals surface area contributed by atoms with Gasteiger partial charge in [0.05, 0.1) is 12.5 Å². The average Bonchev–Trinajstić information content (AvgIpc) is 2.66. The van der Waals surface area contributed by atoms with Gasteiger partial charge in [-0.15, -0.1) is 0 Å². The van der Waals surface area contributed by atoms with Crippen LogP contribution in [0.4, 0.5) is 0 Å². The largest absolute Gasteiger partial charge is 0.481 e. The maximum Gasteiger partial charge on any atom is 0.326 e. The van der Waals surface area contributed by atoms with E-state index >= 15 is 0 Å². The lowest BCUT2D eigenvalue weighted by Gasteiger charge is -2.26. The smallest absolute Gasteiger partial charge is 0.326 e. The standard InChI is InChI=1S/C18H33N7O7/c1-8(2)13(16(30)23-10(17(31)32)5-4-6-22-18(20)21)25-15(29)11(7-12(26)27)24-14(28)9(3)19/h8-11,13H,4-7,19H2,1-3H3,(H,23,30)(H,24,28)(H,25,29)(H,26,27)(H,31,32)(H4,20,21,22). The highest BCUT2D eigenvalue weighted by atomic mass is 16.4. The molecule has 0 bridgehead atoms. The number of carbonyl (C=O) groups is 5. The van der Waals surface area contributed by atoms with Crippen LogP contribution in [0, 0.1) is 5.92 Å². The number of aliphatic carboxylic acids is 2. The fraction of sp³-hybridized carbons (Fsp3) is 0.667. The van der Waals surface area contributed by atoms with E-state index in [4.69, 9.17) is 22.3 Å². The predicted molar refractivity (Wildman–Crippen MR) is 114 cm³/mol. The quantitative estimate of drug-likeness (QED) is 0.0744. The molecule has 0 aliphatic carbocycles. The fourth-order valence-corrected chi connectivity index (χ4v) is 2.50. The van der Waals surface area contributed by atoms with E-state index in [2.05, 4.69) is 20.9 Å². The summed E-state index contributed by atoms with van der Waals surface area (Å²) in [7, 11) is 0. The summed E-state index contributed by atoms with van der Waals surface area (Å²) in [6.45, 7) is 4.73. The van der Waals surface area contributed by atoms with Gasteiger partial charge in [0.15, 0.2) is 5.96 Å². The summed E-state index contributed by atoms with van der Waals surface area (Å²) in [4.78, 5) is 63.3. The van der Waals surface area contributed by atoms with Crippen LogP contribution in [0.25, 0.3) is 0 Å². The van der Waals surface area contributed by atoms with Gasteiger partial charge in [-0.3, -0.25) is 24.2 Å². The number of rotatable bonds is 14. The summed E-state index contributed by atoms with van der Waals surface area (Å²) in [6, 6.07) is -4.92. The van der Waals surface area contributed by atoms with E-state index in [1.807, 2.05) is 0 Å².